The molecule has 76 valence electrons. The molecule has 1 saturated heterocycles. The van der Waals surface area contributed by atoms with Crippen LogP contribution in [-0.2, 0) is 9.59 Å². The number of amides is 2. The second kappa shape index (κ2) is 5.04. The molecule has 1 fully saturated rings. The smallest absolute Gasteiger partial charge is 0.232 e. The Labute approximate surface area is 82.8 Å². The van der Waals surface area contributed by atoms with Crippen LogP contribution in [0.4, 0.5) is 0 Å². The molecule has 0 aromatic carbocycles. The van der Waals surface area contributed by atoms with E-state index in [0.29, 0.717) is 13.1 Å². The molecule has 5 nitrogen and oxygen atoms in total. The Bertz CT molecular complexity index is 210. The molecule has 0 aromatic heterocycles. The molecule has 1 rings (SSSR count). The molecule has 6 heteroatoms. The summed E-state index contributed by atoms with van der Waals surface area (Å²) in [4.78, 5) is 23.1. The zero-order valence-electron chi connectivity index (χ0n) is 7.23. The summed E-state index contributed by atoms with van der Waals surface area (Å²) < 4.78 is 0. The molecular formula is C7H14ClN3O2. The van der Waals surface area contributed by atoms with Crippen LogP contribution in [0, 0.1) is 0 Å². The third-order valence-corrected chi connectivity index (χ3v) is 1.90. The van der Waals surface area contributed by atoms with E-state index in [1.165, 1.54) is 0 Å². The molecule has 0 aromatic rings. The summed E-state index contributed by atoms with van der Waals surface area (Å²) in [6.45, 7) is 1.19. The third-order valence-electron chi connectivity index (χ3n) is 1.90. The summed E-state index contributed by atoms with van der Waals surface area (Å²) in [6, 6.07) is 0.0572. The maximum absolute atomic E-state index is 11.2. The van der Waals surface area contributed by atoms with Crippen molar-refractivity contribution in [3.8, 4) is 0 Å². The summed E-state index contributed by atoms with van der Waals surface area (Å²) in [7, 11) is 0. The van der Waals surface area contributed by atoms with E-state index in [9.17, 15) is 9.59 Å². The van der Waals surface area contributed by atoms with Gasteiger partial charge in [0.1, 0.15) is 6.42 Å². The Morgan fingerprint density at radius 3 is 2.46 bits per heavy atom. The number of hydrogen-bond donors (Lipinski definition) is 2. The van der Waals surface area contributed by atoms with Crippen molar-refractivity contribution in [2.45, 2.75) is 18.9 Å². The average molecular weight is 208 g/mol. The maximum Gasteiger partial charge on any atom is 0.232 e. The number of nitrogens with zero attached hydrogens (tertiary/aromatic N) is 1. The quantitative estimate of drug-likeness (QED) is 0.560. The highest BCUT2D eigenvalue weighted by molar-refractivity contribution is 5.96. The molecule has 0 spiro atoms. The summed E-state index contributed by atoms with van der Waals surface area (Å²) in [5.41, 5.74) is 10.5. The van der Waals surface area contributed by atoms with Crippen molar-refractivity contribution in [3.05, 3.63) is 0 Å². The van der Waals surface area contributed by atoms with Crippen LogP contribution in [0.2, 0.25) is 0 Å². The highest BCUT2D eigenvalue weighted by Crippen LogP contribution is 2.07. The highest BCUT2D eigenvalue weighted by Gasteiger charge is 2.23. The number of hydrogen-bond acceptors (Lipinski definition) is 3. The zero-order valence-corrected chi connectivity index (χ0v) is 8.05. The molecule has 0 unspecified atom stereocenters. The van der Waals surface area contributed by atoms with Gasteiger partial charge >= 0.3 is 0 Å². The molecule has 1 atom stereocenters. The molecule has 4 N–H and O–H groups in total. The molecule has 0 radical (unpaired) electrons. The first-order valence-corrected chi connectivity index (χ1v) is 3.91. The molecule has 13 heavy (non-hydrogen) atoms. The molecule has 0 saturated carbocycles. The van der Waals surface area contributed by atoms with Crippen LogP contribution in [0.1, 0.15) is 12.8 Å². The maximum atomic E-state index is 11.2. The summed E-state index contributed by atoms with van der Waals surface area (Å²) in [5.74, 6) is -0.795. The summed E-state index contributed by atoms with van der Waals surface area (Å²) >= 11 is 0. The lowest BCUT2D eigenvalue weighted by atomic mass is 10.3. The van der Waals surface area contributed by atoms with E-state index in [1.807, 2.05) is 0 Å². The Morgan fingerprint density at radius 1 is 1.46 bits per heavy atom. The molecule has 1 heterocycles. The van der Waals surface area contributed by atoms with E-state index < -0.39 is 5.91 Å². The molecule has 1 aliphatic rings. The molecular weight excluding hydrogens is 194 g/mol. The lowest BCUT2D eigenvalue weighted by Crippen LogP contribution is -2.34. The van der Waals surface area contributed by atoms with Crippen LogP contribution in [0.5, 0.6) is 0 Å². The second-order valence-corrected chi connectivity index (χ2v) is 3.03. The first-order valence-electron chi connectivity index (χ1n) is 3.91. The average Bonchev–Trinajstić information content (AvgIpc) is 2.34. The largest absolute Gasteiger partial charge is 0.369 e. The van der Waals surface area contributed by atoms with E-state index in [4.69, 9.17) is 11.5 Å². The van der Waals surface area contributed by atoms with E-state index in [0.717, 1.165) is 6.42 Å². The molecule has 1 aliphatic heterocycles. The second-order valence-electron chi connectivity index (χ2n) is 3.03. The van der Waals surface area contributed by atoms with Crippen LogP contribution in [-0.4, -0.2) is 35.8 Å². The van der Waals surface area contributed by atoms with Crippen molar-refractivity contribution in [1.29, 1.82) is 0 Å². The Morgan fingerprint density at radius 2 is 2.08 bits per heavy atom. The van der Waals surface area contributed by atoms with Crippen LogP contribution < -0.4 is 11.5 Å². The van der Waals surface area contributed by atoms with Gasteiger partial charge in [-0.3, -0.25) is 9.59 Å². The Balaban J connectivity index is 0.00000144. The van der Waals surface area contributed by atoms with Gasteiger partial charge in [-0.2, -0.15) is 0 Å². The number of primary amides is 1. The molecule has 2 amide bonds. The van der Waals surface area contributed by atoms with Gasteiger partial charge in [-0.25, -0.2) is 0 Å². The van der Waals surface area contributed by atoms with E-state index in [-0.39, 0.29) is 30.8 Å². The predicted molar refractivity (Wildman–Crippen MR) is 50.2 cm³/mol. The minimum absolute atomic E-state index is 0. The lowest BCUT2D eigenvalue weighted by molar-refractivity contribution is -0.134. The number of carbonyl (C=O) groups is 2. The fraction of sp³-hybridized carbons (Fsp3) is 0.714. The highest BCUT2D eigenvalue weighted by atomic mass is 35.5. The van der Waals surface area contributed by atoms with Crippen molar-refractivity contribution < 1.29 is 9.59 Å². The van der Waals surface area contributed by atoms with Gasteiger partial charge in [0.2, 0.25) is 11.8 Å². The van der Waals surface area contributed by atoms with Crippen molar-refractivity contribution in [3.63, 3.8) is 0 Å². The SMILES string of the molecule is Cl.NC(=O)CC(=O)N1CC[C@H](N)C1. The lowest BCUT2D eigenvalue weighted by Gasteiger charge is -2.13. The molecule has 0 bridgehead atoms. The van der Waals surface area contributed by atoms with E-state index in [1.54, 1.807) is 4.90 Å². The number of likely N-dealkylation sites (tertiary alicyclic amines) is 1. The number of rotatable bonds is 2. The number of halogens is 1. The van der Waals surface area contributed by atoms with Gasteiger partial charge in [0.25, 0.3) is 0 Å². The Hall–Kier alpha value is -0.810. The van der Waals surface area contributed by atoms with Gasteiger partial charge in [0, 0.05) is 19.1 Å². The number of nitrogens with two attached hydrogens (primary N) is 2. The topological polar surface area (TPSA) is 89.4 Å². The van der Waals surface area contributed by atoms with Crippen molar-refractivity contribution in [2.24, 2.45) is 11.5 Å². The van der Waals surface area contributed by atoms with Crippen LogP contribution in [0.3, 0.4) is 0 Å². The fourth-order valence-electron chi connectivity index (χ4n) is 1.27. The van der Waals surface area contributed by atoms with Gasteiger partial charge in [-0.1, -0.05) is 0 Å². The summed E-state index contributed by atoms with van der Waals surface area (Å²) in [5, 5.41) is 0. The molecule has 0 aliphatic carbocycles. The Kier molecular flexibility index (Phi) is 4.72. The fourth-order valence-corrected chi connectivity index (χ4v) is 1.27. The normalized spacial score (nSPS) is 21.0. The van der Waals surface area contributed by atoms with Gasteiger partial charge in [0.05, 0.1) is 0 Å². The third kappa shape index (κ3) is 3.61. The van der Waals surface area contributed by atoms with Gasteiger partial charge in [0.15, 0.2) is 0 Å². The monoisotopic (exact) mass is 207 g/mol. The van der Waals surface area contributed by atoms with Gasteiger partial charge in [-0.15, -0.1) is 12.4 Å². The predicted octanol–water partition coefficient (Wildman–Crippen LogP) is -1.16. The summed E-state index contributed by atoms with van der Waals surface area (Å²) in [6.07, 6.45) is 0.608. The van der Waals surface area contributed by atoms with E-state index in [2.05, 4.69) is 0 Å². The van der Waals surface area contributed by atoms with Gasteiger partial charge < -0.3 is 16.4 Å². The van der Waals surface area contributed by atoms with Crippen molar-refractivity contribution >= 4 is 24.2 Å². The minimum Gasteiger partial charge on any atom is -0.369 e. The first-order chi connectivity index (χ1) is 5.59. The minimum atomic E-state index is -0.583. The van der Waals surface area contributed by atoms with E-state index >= 15 is 0 Å². The zero-order chi connectivity index (χ0) is 9.14. The van der Waals surface area contributed by atoms with Crippen LogP contribution >= 0.6 is 12.4 Å². The van der Waals surface area contributed by atoms with Crippen LogP contribution in [0.25, 0.3) is 0 Å². The number of carbonyl (C=O) groups excluding carboxylic acids is 2. The first kappa shape index (κ1) is 12.2. The van der Waals surface area contributed by atoms with Gasteiger partial charge in [-0.05, 0) is 6.42 Å². The van der Waals surface area contributed by atoms with Crippen molar-refractivity contribution in [1.82, 2.24) is 4.90 Å². The van der Waals surface area contributed by atoms with Crippen LogP contribution in [0.15, 0.2) is 0 Å². The van der Waals surface area contributed by atoms with Crippen molar-refractivity contribution in [2.75, 3.05) is 13.1 Å². The standard InChI is InChI=1S/C7H13N3O2.ClH/c8-5-1-2-10(4-5)7(12)3-6(9)11;/h5H,1-4,8H2,(H2,9,11);1H/t5-;/m0./s1.